The zero-order chi connectivity index (χ0) is 23.8. The molecule has 0 saturated heterocycles. The highest BCUT2D eigenvalue weighted by Crippen LogP contribution is 2.35. The van der Waals surface area contributed by atoms with E-state index in [1.54, 1.807) is 0 Å². The Morgan fingerprint density at radius 1 is 0.971 bits per heavy atom. The first-order valence-electron chi connectivity index (χ1n) is 11.2. The third-order valence-corrected chi connectivity index (χ3v) is 5.74. The number of carbonyl (C=O) groups is 1. The Morgan fingerprint density at radius 3 is 2.41 bits per heavy atom. The summed E-state index contributed by atoms with van der Waals surface area (Å²) >= 11 is 0. The Kier molecular flexibility index (Phi) is 7.69. The van der Waals surface area contributed by atoms with Crippen molar-refractivity contribution in [2.75, 3.05) is 26.4 Å². The average Bonchev–Trinajstić information content (AvgIpc) is 2.87. The molecule has 4 rings (SSSR count). The number of nitrogens with zero attached hydrogens (tertiary/aromatic N) is 1. The summed E-state index contributed by atoms with van der Waals surface area (Å²) in [7, 11) is 0. The van der Waals surface area contributed by atoms with Crippen molar-refractivity contribution in [3.8, 4) is 23.8 Å². The van der Waals surface area contributed by atoms with Crippen molar-refractivity contribution in [3.05, 3.63) is 95.1 Å². The highest BCUT2D eigenvalue weighted by atomic mass is 16.5. The van der Waals surface area contributed by atoms with Crippen LogP contribution in [0.2, 0.25) is 0 Å². The monoisotopic (exact) mass is 457 g/mol. The minimum absolute atomic E-state index is 0.284. The molecule has 6 nitrogen and oxygen atoms in total. The van der Waals surface area contributed by atoms with Gasteiger partial charge in [-0.2, -0.15) is 0 Å². The van der Waals surface area contributed by atoms with Gasteiger partial charge in [-0.05, 0) is 52.9 Å². The lowest BCUT2D eigenvalue weighted by Gasteiger charge is -2.35. The van der Waals surface area contributed by atoms with Crippen molar-refractivity contribution in [1.29, 1.82) is 0 Å². The summed E-state index contributed by atoms with van der Waals surface area (Å²) in [5.74, 6) is 3.89. The van der Waals surface area contributed by atoms with E-state index in [-0.39, 0.29) is 12.6 Å². The van der Waals surface area contributed by atoms with E-state index in [1.807, 2.05) is 66.7 Å². The first-order chi connectivity index (χ1) is 16.7. The Morgan fingerprint density at radius 2 is 1.68 bits per heavy atom. The Hall–Kier alpha value is -3.95. The predicted molar refractivity (Wildman–Crippen MR) is 129 cm³/mol. The second kappa shape index (κ2) is 11.3. The average molecular weight is 458 g/mol. The molecule has 3 aromatic carbocycles. The number of benzene rings is 3. The lowest BCUT2D eigenvalue weighted by molar-refractivity contribution is 0.124. The van der Waals surface area contributed by atoms with Crippen LogP contribution in [0.1, 0.15) is 28.3 Å². The van der Waals surface area contributed by atoms with Gasteiger partial charge in [0.1, 0.15) is 31.3 Å². The van der Waals surface area contributed by atoms with E-state index < -0.39 is 6.09 Å². The third kappa shape index (κ3) is 5.69. The molecule has 0 fully saturated rings. The van der Waals surface area contributed by atoms with Crippen molar-refractivity contribution < 1.29 is 24.1 Å². The van der Waals surface area contributed by atoms with Crippen molar-refractivity contribution in [2.24, 2.45) is 0 Å². The Balaban J connectivity index is 1.36. The standard InChI is InChI=1S/C28H27NO5/c1-2-17-32-18-19-33-24-11-7-21(8-12-24)20-34-25-13-9-23(10-14-25)27-26-6-4-3-5-22(26)15-16-29(27)28(30)31/h1,3-14,27H,15-20H2,(H,30,31)/t27-/m0/s1. The van der Waals surface area contributed by atoms with E-state index in [0.717, 1.165) is 34.6 Å². The van der Waals surface area contributed by atoms with Crippen LogP contribution < -0.4 is 9.47 Å². The molecule has 34 heavy (non-hydrogen) atoms. The summed E-state index contributed by atoms with van der Waals surface area (Å²) in [6.07, 6.45) is 4.95. The van der Waals surface area contributed by atoms with Gasteiger partial charge in [0.2, 0.25) is 0 Å². The highest BCUT2D eigenvalue weighted by molar-refractivity contribution is 5.67. The maximum Gasteiger partial charge on any atom is 0.408 e. The number of ether oxygens (including phenoxy) is 3. The number of terminal acetylenes is 1. The van der Waals surface area contributed by atoms with Crippen LogP contribution in [-0.4, -0.2) is 42.5 Å². The van der Waals surface area contributed by atoms with Gasteiger partial charge in [0.05, 0.1) is 12.6 Å². The number of hydrogen-bond donors (Lipinski definition) is 1. The molecule has 1 N–H and O–H groups in total. The van der Waals surface area contributed by atoms with Gasteiger partial charge < -0.3 is 19.3 Å². The van der Waals surface area contributed by atoms with Crippen molar-refractivity contribution in [1.82, 2.24) is 4.90 Å². The van der Waals surface area contributed by atoms with E-state index >= 15 is 0 Å². The summed E-state index contributed by atoms with van der Waals surface area (Å²) in [6, 6.07) is 23.1. The molecule has 0 aromatic heterocycles. The minimum Gasteiger partial charge on any atom is -0.491 e. The summed E-state index contributed by atoms with van der Waals surface area (Å²) in [4.78, 5) is 13.4. The summed E-state index contributed by atoms with van der Waals surface area (Å²) in [6.45, 7) is 2.06. The molecule has 3 aromatic rings. The summed E-state index contributed by atoms with van der Waals surface area (Å²) in [5, 5.41) is 9.74. The number of amides is 1. The molecule has 174 valence electrons. The molecule has 0 spiro atoms. The Labute approximate surface area is 199 Å². The zero-order valence-corrected chi connectivity index (χ0v) is 18.9. The number of hydrogen-bond acceptors (Lipinski definition) is 4. The maximum absolute atomic E-state index is 11.9. The second-order valence-corrected chi connectivity index (χ2v) is 7.93. The molecule has 0 radical (unpaired) electrons. The molecular weight excluding hydrogens is 430 g/mol. The Bertz CT molecular complexity index is 1130. The molecule has 0 saturated carbocycles. The van der Waals surface area contributed by atoms with Gasteiger partial charge in [0.15, 0.2) is 0 Å². The van der Waals surface area contributed by atoms with Crippen LogP contribution in [-0.2, 0) is 17.8 Å². The zero-order valence-electron chi connectivity index (χ0n) is 18.9. The fourth-order valence-corrected chi connectivity index (χ4v) is 4.08. The molecule has 0 unspecified atom stereocenters. The first-order valence-corrected chi connectivity index (χ1v) is 11.2. The maximum atomic E-state index is 11.9. The topological polar surface area (TPSA) is 68.2 Å². The molecule has 1 amide bonds. The van der Waals surface area contributed by atoms with Gasteiger partial charge in [0, 0.05) is 6.54 Å². The van der Waals surface area contributed by atoms with Crippen LogP contribution in [0.25, 0.3) is 0 Å². The van der Waals surface area contributed by atoms with Gasteiger partial charge in [0.25, 0.3) is 0 Å². The van der Waals surface area contributed by atoms with Crippen LogP contribution in [0.5, 0.6) is 11.5 Å². The number of carboxylic acid groups (broad SMARTS) is 1. The fraction of sp³-hybridized carbons (Fsp3) is 0.250. The summed E-state index contributed by atoms with van der Waals surface area (Å²) in [5.41, 5.74) is 4.17. The highest BCUT2D eigenvalue weighted by Gasteiger charge is 2.31. The van der Waals surface area contributed by atoms with Crippen LogP contribution in [0.4, 0.5) is 4.79 Å². The lowest BCUT2D eigenvalue weighted by Crippen LogP contribution is -2.39. The quantitative estimate of drug-likeness (QED) is 0.365. The van der Waals surface area contributed by atoms with Crippen LogP contribution >= 0.6 is 0 Å². The van der Waals surface area contributed by atoms with Gasteiger partial charge >= 0.3 is 6.09 Å². The van der Waals surface area contributed by atoms with Gasteiger partial charge in [-0.25, -0.2) is 4.79 Å². The van der Waals surface area contributed by atoms with Crippen molar-refractivity contribution in [3.63, 3.8) is 0 Å². The minimum atomic E-state index is -0.910. The molecule has 1 aliphatic heterocycles. The SMILES string of the molecule is C#CCOCCOc1ccc(COc2ccc([C@H]3c4ccccc4CCN3C(=O)O)cc2)cc1. The smallest absolute Gasteiger partial charge is 0.408 e. The van der Waals surface area contributed by atoms with Crippen molar-refractivity contribution >= 4 is 6.09 Å². The summed E-state index contributed by atoms with van der Waals surface area (Å²) < 4.78 is 16.7. The number of fused-ring (bicyclic) bond motifs is 1. The third-order valence-electron chi connectivity index (χ3n) is 5.74. The van der Waals surface area contributed by atoms with Crippen LogP contribution in [0.15, 0.2) is 72.8 Å². The van der Waals surface area contributed by atoms with E-state index in [0.29, 0.717) is 26.4 Å². The molecule has 0 aliphatic carbocycles. The fourth-order valence-electron chi connectivity index (χ4n) is 4.08. The molecule has 1 atom stereocenters. The van der Waals surface area contributed by atoms with E-state index in [1.165, 1.54) is 10.5 Å². The molecule has 1 heterocycles. The lowest BCUT2D eigenvalue weighted by atomic mass is 9.88. The molecule has 1 aliphatic rings. The van der Waals surface area contributed by atoms with Crippen LogP contribution in [0.3, 0.4) is 0 Å². The predicted octanol–water partition coefficient (Wildman–Crippen LogP) is 4.92. The van der Waals surface area contributed by atoms with E-state index in [2.05, 4.69) is 12.0 Å². The van der Waals surface area contributed by atoms with E-state index in [9.17, 15) is 9.90 Å². The van der Waals surface area contributed by atoms with Gasteiger partial charge in [-0.1, -0.05) is 54.5 Å². The van der Waals surface area contributed by atoms with Crippen molar-refractivity contribution in [2.45, 2.75) is 19.1 Å². The molecular formula is C28H27NO5. The van der Waals surface area contributed by atoms with Gasteiger partial charge in [-0.3, -0.25) is 4.90 Å². The number of rotatable bonds is 9. The van der Waals surface area contributed by atoms with Crippen LogP contribution in [0, 0.1) is 12.3 Å². The first kappa shape index (κ1) is 23.2. The normalized spacial score (nSPS) is 14.7. The second-order valence-electron chi connectivity index (χ2n) is 7.93. The molecule has 0 bridgehead atoms. The largest absolute Gasteiger partial charge is 0.491 e. The molecule has 6 heteroatoms. The van der Waals surface area contributed by atoms with Gasteiger partial charge in [-0.15, -0.1) is 6.42 Å². The van der Waals surface area contributed by atoms with E-state index in [4.69, 9.17) is 20.6 Å².